The van der Waals surface area contributed by atoms with Crippen LogP contribution in [0.4, 0.5) is 17.6 Å². The average Bonchev–Trinajstić information content (AvgIpc) is 1.61. The Kier molecular flexibility index (Phi) is 18.7. The molecule has 556 valence electrons. The zero-order valence-corrected chi connectivity index (χ0v) is 65.7. The number of para-hydroxylation sites is 8. The summed E-state index contributed by atoms with van der Waals surface area (Å²) in [6.07, 6.45) is 0. The van der Waals surface area contributed by atoms with E-state index >= 15 is 0 Å². The van der Waals surface area contributed by atoms with Crippen molar-refractivity contribution < 1.29 is 48.5 Å². The Morgan fingerprint density at radius 2 is 0.525 bits per heavy atom. The molecule has 0 spiro atoms. The van der Waals surface area contributed by atoms with E-state index in [0.29, 0.717) is 11.4 Å². The number of H-pyrrole nitrogens is 1. The molecule has 23 rings (SSSR count). The van der Waals surface area contributed by atoms with E-state index in [1.165, 1.54) is 93.0 Å². The van der Waals surface area contributed by atoms with Gasteiger partial charge in [-0.3, -0.25) is 0 Å². The van der Waals surface area contributed by atoms with Crippen LogP contribution in [0.5, 0.6) is 0 Å². The number of nitrogens with zero attached hydrogens (tertiary/aromatic N) is 7. The quantitative estimate of drug-likeness (QED) is 0.109. The molecular formula is C105H67F4N8Na. The van der Waals surface area contributed by atoms with E-state index in [4.69, 9.17) is 9.97 Å². The van der Waals surface area contributed by atoms with E-state index < -0.39 is 23.3 Å². The Morgan fingerprint density at radius 3 is 0.924 bits per heavy atom. The molecule has 8 nitrogen and oxygen atoms in total. The van der Waals surface area contributed by atoms with Crippen molar-refractivity contribution in [1.29, 1.82) is 0 Å². The van der Waals surface area contributed by atoms with Gasteiger partial charge in [0.1, 0.15) is 23.3 Å². The fourth-order valence-corrected chi connectivity index (χ4v) is 17.4. The van der Waals surface area contributed by atoms with Gasteiger partial charge < -0.3 is 20.1 Å². The van der Waals surface area contributed by atoms with Gasteiger partial charge in [0.25, 0.3) is 0 Å². The molecular weight excluding hydrogens is 1470 g/mol. The van der Waals surface area contributed by atoms with E-state index in [1.807, 2.05) is 0 Å². The van der Waals surface area contributed by atoms with E-state index in [-0.39, 0.29) is 59.4 Å². The average molecular weight is 1540 g/mol. The van der Waals surface area contributed by atoms with Gasteiger partial charge in [0.15, 0.2) is 0 Å². The zero-order valence-electron chi connectivity index (χ0n) is 64.7. The van der Waals surface area contributed by atoms with Crippen LogP contribution in [0.25, 0.3) is 183 Å². The van der Waals surface area contributed by atoms with Gasteiger partial charge in [0.2, 0.25) is 0 Å². The number of halogens is 4. The summed E-state index contributed by atoms with van der Waals surface area (Å²) < 4.78 is 62.3. The largest absolute Gasteiger partial charge is 1.00 e. The van der Waals surface area contributed by atoms with Crippen LogP contribution in [-0.4, -0.2) is 38.6 Å². The SMILES string of the molecule is Fc1ccc(F)c(-c2cccc(-c3cccc(-c4cc(F)ccc4F)n3)n2)c1.[H-].[Na+].c1cc(-c2cccc(-c3cc(-n4c5ccccc5c5ccccc54)ccc3-n3c4ccccc4c4ccccc43)n2)nc(-c2cc(-n3c4ccccc4c4ccccc43)ccc2C2c3ccccc3-c3ccccc32)c1.c1ccc2c(c1)[nH]c1ccccc12. The number of aromatic amines is 1. The van der Waals surface area contributed by atoms with Crippen molar-refractivity contribution in [2.24, 2.45) is 0 Å². The molecule has 0 atom stereocenters. The van der Waals surface area contributed by atoms with E-state index in [1.54, 1.807) is 36.4 Å². The Hall–Kier alpha value is -14.4. The van der Waals surface area contributed by atoms with E-state index in [0.717, 1.165) is 109 Å². The smallest absolute Gasteiger partial charge is 1.00 e. The predicted octanol–water partition coefficient (Wildman–Crippen LogP) is 24.4. The molecule has 0 unspecified atom stereocenters. The molecule has 0 saturated carbocycles. The molecule has 0 saturated heterocycles. The fraction of sp³-hybridized carbons (Fsp3) is 0.00952. The van der Waals surface area contributed by atoms with Crippen LogP contribution in [0, 0.1) is 23.3 Å². The van der Waals surface area contributed by atoms with Gasteiger partial charge in [-0.1, -0.05) is 224 Å². The zero-order chi connectivity index (χ0) is 78.2. The number of hydrogen-bond donors (Lipinski definition) is 1. The molecule has 0 bridgehead atoms. The van der Waals surface area contributed by atoms with Crippen LogP contribution in [0.15, 0.2) is 388 Å². The Morgan fingerprint density at radius 1 is 0.229 bits per heavy atom. The number of hydrogen-bond acceptors (Lipinski definition) is 4. The number of aromatic nitrogens is 8. The molecule has 0 amide bonds. The molecule has 1 N–H and O–H groups in total. The molecule has 1 aliphatic rings. The fourth-order valence-electron chi connectivity index (χ4n) is 17.4. The van der Waals surface area contributed by atoms with E-state index in [9.17, 15) is 17.6 Å². The van der Waals surface area contributed by atoms with Crippen molar-refractivity contribution in [3.63, 3.8) is 0 Å². The first-order valence-corrected chi connectivity index (χ1v) is 38.9. The monoisotopic (exact) mass is 1540 g/mol. The number of fused-ring (bicyclic) bond motifs is 15. The molecule has 0 radical (unpaired) electrons. The Balaban J connectivity index is 0.000000178. The second-order valence-corrected chi connectivity index (χ2v) is 29.3. The summed E-state index contributed by atoms with van der Waals surface area (Å²) in [5.74, 6) is -2.35. The second-order valence-electron chi connectivity index (χ2n) is 29.3. The van der Waals surface area contributed by atoms with E-state index in [2.05, 4.69) is 344 Å². The van der Waals surface area contributed by atoms with Gasteiger partial charge in [0.05, 0.1) is 84.3 Å². The first kappa shape index (κ1) is 72.6. The van der Waals surface area contributed by atoms with Crippen molar-refractivity contribution >= 4 is 87.2 Å². The first-order chi connectivity index (χ1) is 57.7. The maximum atomic E-state index is 14.1. The molecule has 8 heterocycles. The topological polar surface area (TPSA) is 82.1 Å². The van der Waals surface area contributed by atoms with Crippen LogP contribution in [0.3, 0.4) is 0 Å². The molecule has 0 aliphatic heterocycles. The van der Waals surface area contributed by atoms with Gasteiger partial charge in [-0.25, -0.2) is 37.5 Å². The summed E-state index contributed by atoms with van der Waals surface area (Å²) in [4.78, 5) is 23.3. The number of benzene rings is 14. The van der Waals surface area contributed by atoms with Crippen molar-refractivity contribution in [2.45, 2.75) is 5.92 Å². The standard InChI is InChI=1S/C71H45N5.C22H12F4N2.C12H9N.Na.H/c1-3-27-55-47(19-1)48-20-2-4-28-56(48)71(55)57-41-39-45(74-64-33-11-5-21-49(64)50-22-6-12-34-65(50)74)43-58(57)60-29-17-31-62(72-60)63-32-18-30-61(73-63)59-44-46(75-66-35-13-7-23-51(66)52-24-8-14-36-67(52)75)40-42-70(59)76-68-37-15-9-25-53(68)54-26-10-16-38-69(54)76;23-13-7-9-17(25)15(11-13)19-3-1-5-21(27-19)22-6-2-4-20(28-22)16-12-14(24)8-10-18(16)26;1-3-7-11-9(5-1)10-6-2-4-8-12(10)13-11;;/h1-44,71H;1-12H;1-8,13H;;/q;;;+1;-1. The molecule has 13 heteroatoms. The first-order valence-electron chi connectivity index (χ1n) is 38.9. The summed E-state index contributed by atoms with van der Waals surface area (Å²) >= 11 is 0. The Bertz CT molecular complexity index is 7370. The molecule has 0 fully saturated rings. The maximum absolute atomic E-state index is 14.1. The third kappa shape index (κ3) is 12.8. The van der Waals surface area contributed by atoms with Gasteiger partial charge in [-0.15, -0.1) is 0 Å². The predicted molar refractivity (Wildman–Crippen MR) is 469 cm³/mol. The van der Waals surface area contributed by atoms with Gasteiger partial charge in [-0.2, -0.15) is 0 Å². The van der Waals surface area contributed by atoms with Crippen LogP contribution in [-0.2, 0) is 0 Å². The van der Waals surface area contributed by atoms with Gasteiger partial charge >= 0.3 is 29.6 Å². The van der Waals surface area contributed by atoms with Crippen molar-refractivity contribution in [3.05, 3.63) is 428 Å². The number of pyridine rings is 4. The van der Waals surface area contributed by atoms with Crippen molar-refractivity contribution in [3.8, 4) is 96.0 Å². The summed E-state index contributed by atoms with van der Waals surface area (Å²) in [5.41, 5.74) is 25.7. The van der Waals surface area contributed by atoms with Crippen molar-refractivity contribution in [2.75, 3.05) is 0 Å². The number of rotatable bonds is 10. The second kappa shape index (κ2) is 30.4. The third-order valence-corrected chi connectivity index (χ3v) is 22.6. The number of nitrogens with one attached hydrogen (secondary N) is 1. The minimum absolute atomic E-state index is 0. The molecule has 8 aromatic heterocycles. The molecule has 118 heavy (non-hydrogen) atoms. The van der Waals surface area contributed by atoms with Gasteiger partial charge in [-0.05, 0) is 192 Å². The van der Waals surface area contributed by atoms with Crippen LogP contribution >= 0.6 is 0 Å². The summed E-state index contributed by atoms with van der Waals surface area (Å²) in [6.45, 7) is 0. The van der Waals surface area contributed by atoms with Crippen LogP contribution < -0.4 is 29.6 Å². The maximum Gasteiger partial charge on any atom is 1.00 e. The summed E-state index contributed by atoms with van der Waals surface area (Å²) in [7, 11) is 0. The Labute approximate surface area is 699 Å². The minimum atomic E-state index is -0.602. The molecule has 22 aromatic rings. The molecule has 14 aromatic carbocycles. The van der Waals surface area contributed by atoms with Crippen LogP contribution in [0.1, 0.15) is 24.0 Å². The molecule has 1 aliphatic carbocycles. The van der Waals surface area contributed by atoms with Crippen LogP contribution in [0.2, 0.25) is 0 Å². The summed E-state index contributed by atoms with van der Waals surface area (Å²) in [6, 6.07) is 130. The van der Waals surface area contributed by atoms with Crippen molar-refractivity contribution in [1.82, 2.24) is 38.6 Å². The third-order valence-electron chi connectivity index (χ3n) is 22.6. The van der Waals surface area contributed by atoms with Gasteiger partial charge in [0, 0.05) is 93.7 Å². The minimum Gasteiger partial charge on any atom is -1.00 e. The summed E-state index contributed by atoms with van der Waals surface area (Å²) in [5, 5.41) is 9.94. The normalized spacial score (nSPS) is 11.8.